The summed E-state index contributed by atoms with van der Waals surface area (Å²) in [6, 6.07) is 23.8. The molecule has 0 bridgehead atoms. The molecule has 0 amide bonds. The Bertz CT molecular complexity index is 1230. The van der Waals surface area contributed by atoms with Gasteiger partial charge in [-0.3, -0.25) is 4.79 Å². The molecule has 4 heteroatoms. The van der Waals surface area contributed by atoms with Crippen molar-refractivity contribution in [2.24, 2.45) is 0 Å². The van der Waals surface area contributed by atoms with Gasteiger partial charge in [-0.2, -0.15) is 0 Å². The van der Waals surface area contributed by atoms with Crippen LogP contribution < -0.4 is 4.74 Å². The molecule has 0 saturated carbocycles. The highest BCUT2D eigenvalue weighted by atomic mass is 16.5. The molecule has 0 aliphatic rings. The van der Waals surface area contributed by atoms with Crippen molar-refractivity contribution < 1.29 is 14.3 Å². The number of hydrogen-bond donors (Lipinski definition) is 0. The van der Waals surface area contributed by atoms with Gasteiger partial charge in [0.25, 0.3) is 0 Å². The molecule has 0 N–H and O–H groups in total. The quantitative estimate of drug-likeness (QED) is 0.261. The molecular weight excluding hydrogens is 362 g/mol. The number of hydrogen-bond acceptors (Lipinski definition) is 4. The third-order valence-corrected chi connectivity index (χ3v) is 4.73. The second kappa shape index (κ2) is 7.68. The topological polar surface area (TPSA) is 56.3 Å². The molecule has 0 saturated heterocycles. The van der Waals surface area contributed by atoms with Gasteiger partial charge in [-0.15, -0.1) is 0 Å². The lowest BCUT2D eigenvalue weighted by Crippen LogP contribution is -2.10. The Hall–Kier alpha value is -3.79. The van der Waals surface area contributed by atoms with Gasteiger partial charge in [0.15, 0.2) is 5.78 Å². The van der Waals surface area contributed by atoms with E-state index in [1.54, 1.807) is 30.3 Å². The molecule has 3 aromatic carbocycles. The lowest BCUT2D eigenvalue weighted by Gasteiger charge is -2.10. The van der Waals surface area contributed by atoms with E-state index in [1.807, 2.05) is 55.5 Å². The van der Waals surface area contributed by atoms with E-state index in [9.17, 15) is 9.59 Å². The maximum absolute atomic E-state index is 13.0. The van der Waals surface area contributed by atoms with E-state index in [2.05, 4.69) is 0 Å². The van der Waals surface area contributed by atoms with Crippen LogP contribution in [0.1, 0.15) is 33.2 Å². The fraction of sp³-hybridized carbons (Fsp3) is 0.0800. The predicted molar refractivity (Wildman–Crippen MR) is 113 cm³/mol. The molecule has 0 aliphatic carbocycles. The summed E-state index contributed by atoms with van der Waals surface area (Å²) in [4.78, 5) is 29.3. The summed E-state index contributed by atoms with van der Waals surface area (Å²) in [5.74, 6) is -0.239. The Morgan fingerprint density at radius 3 is 2.38 bits per heavy atom. The summed E-state index contributed by atoms with van der Waals surface area (Å²) in [6.45, 7) is 3.50. The van der Waals surface area contributed by atoms with Crippen LogP contribution >= 0.6 is 0 Å². The van der Waals surface area contributed by atoms with Crippen LogP contribution in [0.4, 0.5) is 0 Å². The van der Waals surface area contributed by atoms with E-state index in [-0.39, 0.29) is 5.78 Å². The van der Waals surface area contributed by atoms with Crippen LogP contribution in [0, 0.1) is 6.92 Å². The fourth-order valence-electron chi connectivity index (χ4n) is 3.16. The maximum atomic E-state index is 13.0. The lowest BCUT2D eigenvalue weighted by atomic mass is 10.0. The van der Waals surface area contributed by atoms with Crippen LogP contribution in [0.15, 0.2) is 78.9 Å². The molecule has 0 aliphatic heterocycles. The first-order valence-corrected chi connectivity index (χ1v) is 9.31. The predicted octanol–water partition coefficient (Wildman–Crippen LogP) is 5.63. The summed E-state index contributed by atoms with van der Waals surface area (Å²) >= 11 is 0. The Kier molecular flexibility index (Phi) is 4.92. The largest absolute Gasteiger partial charge is 0.423 e. The van der Waals surface area contributed by atoms with E-state index < -0.39 is 5.97 Å². The van der Waals surface area contributed by atoms with Crippen molar-refractivity contribution in [2.75, 3.05) is 0 Å². The molecule has 0 spiro atoms. The first-order chi connectivity index (χ1) is 14.0. The number of carbonyl (C=O) groups is 2. The third kappa shape index (κ3) is 3.92. The number of fused-ring (bicyclic) bond motifs is 1. The van der Waals surface area contributed by atoms with Crippen LogP contribution in [-0.2, 0) is 0 Å². The minimum absolute atomic E-state index is 0.0843. The van der Waals surface area contributed by atoms with Crippen molar-refractivity contribution >= 4 is 22.7 Å². The van der Waals surface area contributed by atoms with Gasteiger partial charge in [0.2, 0.25) is 0 Å². The number of rotatable bonds is 4. The van der Waals surface area contributed by atoms with Crippen molar-refractivity contribution in [3.8, 4) is 17.0 Å². The zero-order valence-electron chi connectivity index (χ0n) is 16.2. The molecule has 29 heavy (non-hydrogen) atoms. The van der Waals surface area contributed by atoms with Gasteiger partial charge in [-0.1, -0.05) is 60.2 Å². The highest BCUT2D eigenvalue weighted by Crippen LogP contribution is 2.26. The van der Waals surface area contributed by atoms with E-state index >= 15 is 0 Å². The number of aromatic nitrogens is 1. The number of benzene rings is 3. The van der Waals surface area contributed by atoms with E-state index in [1.165, 1.54) is 6.92 Å². The fourth-order valence-corrected chi connectivity index (χ4v) is 3.16. The smallest absolute Gasteiger partial charge is 0.344 e. The Labute approximate surface area is 168 Å². The first-order valence-electron chi connectivity index (χ1n) is 9.31. The minimum atomic E-state index is -0.488. The molecule has 0 radical (unpaired) electrons. The van der Waals surface area contributed by atoms with Gasteiger partial charge in [0, 0.05) is 16.5 Å². The van der Waals surface area contributed by atoms with Gasteiger partial charge in [-0.25, -0.2) is 9.78 Å². The van der Waals surface area contributed by atoms with Gasteiger partial charge in [-0.05, 0) is 38.1 Å². The van der Waals surface area contributed by atoms with Gasteiger partial charge in [0.05, 0.1) is 16.8 Å². The molecule has 4 nitrogen and oxygen atoms in total. The summed E-state index contributed by atoms with van der Waals surface area (Å²) in [7, 11) is 0. The Balaban J connectivity index is 1.77. The monoisotopic (exact) mass is 381 g/mol. The number of para-hydroxylation sites is 1. The summed E-state index contributed by atoms with van der Waals surface area (Å²) < 4.78 is 5.59. The molecule has 4 aromatic rings. The SMILES string of the molecule is CC(=O)c1cccc(OC(=O)c2cc(-c3ccc(C)cc3)nc3ccccc23)c1. The highest BCUT2D eigenvalue weighted by molar-refractivity contribution is 6.05. The molecule has 0 unspecified atom stereocenters. The number of aryl methyl sites for hydroxylation is 1. The standard InChI is InChI=1S/C25H19NO3/c1-16-10-12-18(13-11-16)24-15-22(21-8-3-4-9-23(21)26-24)25(28)29-20-7-5-6-19(14-20)17(2)27/h3-15H,1-2H3. The molecular formula is C25H19NO3. The number of carbonyl (C=O) groups excluding carboxylic acids is 2. The zero-order chi connectivity index (χ0) is 20.4. The van der Waals surface area contributed by atoms with Crippen molar-refractivity contribution in [2.45, 2.75) is 13.8 Å². The van der Waals surface area contributed by atoms with E-state index in [0.717, 1.165) is 22.0 Å². The van der Waals surface area contributed by atoms with E-state index in [4.69, 9.17) is 9.72 Å². The molecule has 1 heterocycles. The molecule has 4 rings (SSSR count). The van der Waals surface area contributed by atoms with E-state index in [0.29, 0.717) is 22.6 Å². The van der Waals surface area contributed by atoms with Gasteiger partial charge >= 0.3 is 5.97 Å². The van der Waals surface area contributed by atoms with Crippen molar-refractivity contribution in [3.63, 3.8) is 0 Å². The summed E-state index contributed by atoms with van der Waals surface area (Å²) in [6.07, 6.45) is 0. The van der Waals surface area contributed by atoms with Crippen molar-refractivity contribution in [1.82, 2.24) is 4.98 Å². The third-order valence-electron chi connectivity index (χ3n) is 4.73. The summed E-state index contributed by atoms with van der Waals surface area (Å²) in [5.41, 5.74) is 4.42. The number of esters is 1. The maximum Gasteiger partial charge on any atom is 0.344 e. The van der Waals surface area contributed by atoms with Crippen LogP contribution in [-0.4, -0.2) is 16.7 Å². The van der Waals surface area contributed by atoms with Gasteiger partial charge < -0.3 is 4.74 Å². The van der Waals surface area contributed by atoms with Crippen LogP contribution in [0.25, 0.3) is 22.2 Å². The molecule has 0 fully saturated rings. The number of nitrogens with zero attached hydrogens (tertiary/aromatic N) is 1. The molecule has 1 aromatic heterocycles. The average molecular weight is 381 g/mol. The molecule has 142 valence electrons. The summed E-state index contributed by atoms with van der Waals surface area (Å²) in [5, 5.41) is 0.719. The van der Waals surface area contributed by atoms with Crippen molar-refractivity contribution in [3.05, 3.63) is 95.6 Å². The normalized spacial score (nSPS) is 10.7. The average Bonchev–Trinajstić information content (AvgIpc) is 2.73. The Morgan fingerprint density at radius 1 is 0.862 bits per heavy atom. The lowest BCUT2D eigenvalue weighted by molar-refractivity contribution is 0.0735. The van der Waals surface area contributed by atoms with Crippen molar-refractivity contribution in [1.29, 1.82) is 0 Å². The molecule has 0 atom stereocenters. The number of pyridine rings is 1. The Morgan fingerprint density at radius 2 is 1.62 bits per heavy atom. The van der Waals surface area contributed by atoms with Crippen LogP contribution in [0.5, 0.6) is 5.75 Å². The van der Waals surface area contributed by atoms with Crippen LogP contribution in [0.2, 0.25) is 0 Å². The number of Topliss-reactive ketones (excluding diaryl/α,β-unsaturated/α-hetero) is 1. The van der Waals surface area contributed by atoms with Gasteiger partial charge in [0.1, 0.15) is 5.75 Å². The second-order valence-electron chi connectivity index (χ2n) is 6.91. The number of ketones is 1. The highest BCUT2D eigenvalue weighted by Gasteiger charge is 2.16. The zero-order valence-corrected chi connectivity index (χ0v) is 16.2. The first kappa shape index (κ1) is 18.6. The minimum Gasteiger partial charge on any atom is -0.423 e. The second-order valence-corrected chi connectivity index (χ2v) is 6.91. The number of ether oxygens (including phenoxy) is 1. The van der Waals surface area contributed by atoms with Crippen LogP contribution in [0.3, 0.4) is 0 Å².